The fraction of sp³-hybridized carbons (Fsp3) is 0.292. The highest BCUT2D eigenvalue weighted by Crippen LogP contribution is 2.31. The van der Waals surface area contributed by atoms with Crippen LogP contribution in [0.5, 0.6) is 0 Å². The van der Waals surface area contributed by atoms with Crippen molar-refractivity contribution in [1.29, 1.82) is 0 Å². The normalized spacial score (nSPS) is 12.4. The first kappa shape index (κ1) is 21.0. The van der Waals surface area contributed by atoms with Gasteiger partial charge in [0.25, 0.3) is 0 Å². The molecule has 3 aromatic heterocycles. The number of anilines is 1. The van der Waals surface area contributed by atoms with Crippen molar-refractivity contribution in [3.8, 4) is 0 Å². The number of nitrogens with two attached hydrogens (primary N) is 1. The van der Waals surface area contributed by atoms with Gasteiger partial charge in [-0.2, -0.15) is 0 Å². The molecule has 4 aromatic rings. The Morgan fingerprint density at radius 2 is 1.97 bits per heavy atom. The Kier molecular flexibility index (Phi) is 5.71. The lowest BCUT2D eigenvalue weighted by molar-refractivity contribution is 0.0582. The molecular formula is C24H27N5O2. The van der Waals surface area contributed by atoms with Gasteiger partial charge in [-0.05, 0) is 44.0 Å². The van der Waals surface area contributed by atoms with Crippen LogP contribution in [0.1, 0.15) is 37.7 Å². The molecule has 3 heterocycles. The lowest BCUT2D eigenvalue weighted by Gasteiger charge is -2.20. The lowest BCUT2D eigenvalue weighted by atomic mass is 10.1. The largest absolute Gasteiger partial charge is 0.389 e. The minimum absolute atomic E-state index is 0.341. The van der Waals surface area contributed by atoms with Gasteiger partial charge >= 0.3 is 0 Å². The van der Waals surface area contributed by atoms with Gasteiger partial charge in [0.05, 0.1) is 23.2 Å². The third-order valence-corrected chi connectivity index (χ3v) is 4.94. The summed E-state index contributed by atoms with van der Waals surface area (Å²) in [5, 5.41) is 11.4. The molecular weight excluding hydrogens is 390 g/mol. The van der Waals surface area contributed by atoms with Crippen LogP contribution in [-0.4, -0.2) is 36.8 Å². The topological polar surface area (TPSA) is 99.1 Å². The van der Waals surface area contributed by atoms with E-state index in [0.717, 1.165) is 33.4 Å². The Balaban J connectivity index is 1.85. The van der Waals surface area contributed by atoms with Crippen LogP contribution >= 0.6 is 0 Å². The van der Waals surface area contributed by atoms with Crippen molar-refractivity contribution in [1.82, 2.24) is 19.5 Å². The average molecular weight is 418 g/mol. The molecule has 0 saturated carbocycles. The van der Waals surface area contributed by atoms with Crippen LogP contribution in [0.15, 0.2) is 42.7 Å². The van der Waals surface area contributed by atoms with Crippen LogP contribution in [0.4, 0.5) is 5.82 Å². The van der Waals surface area contributed by atoms with Gasteiger partial charge in [-0.1, -0.05) is 30.4 Å². The zero-order valence-corrected chi connectivity index (χ0v) is 18.0. The third kappa shape index (κ3) is 4.57. The summed E-state index contributed by atoms with van der Waals surface area (Å²) in [5.74, 6) is 1.09. The number of pyridine rings is 2. The number of benzene rings is 1. The lowest BCUT2D eigenvalue weighted by Crippen LogP contribution is -2.27. The molecule has 0 aliphatic rings. The van der Waals surface area contributed by atoms with Crippen LogP contribution < -0.4 is 5.73 Å². The molecule has 0 spiro atoms. The van der Waals surface area contributed by atoms with Gasteiger partial charge < -0.3 is 20.1 Å². The molecule has 3 N–H and O–H groups in total. The summed E-state index contributed by atoms with van der Waals surface area (Å²) in [4.78, 5) is 13.4. The Bertz CT molecular complexity index is 1240. The molecule has 160 valence electrons. The number of hydrogen-bond acceptors (Lipinski definition) is 6. The zero-order chi connectivity index (χ0) is 22.0. The number of aliphatic hydroxyl groups is 1. The van der Waals surface area contributed by atoms with Crippen molar-refractivity contribution in [2.75, 3.05) is 12.3 Å². The highest BCUT2D eigenvalue weighted by Gasteiger charge is 2.22. The number of ether oxygens (including phenoxy) is 1. The van der Waals surface area contributed by atoms with Gasteiger partial charge in [-0.25, -0.2) is 9.97 Å². The van der Waals surface area contributed by atoms with Gasteiger partial charge in [0.1, 0.15) is 17.9 Å². The number of imidazole rings is 1. The second-order valence-corrected chi connectivity index (χ2v) is 8.15. The monoisotopic (exact) mass is 417 g/mol. The van der Waals surface area contributed by atoms with Crippen molar-refractivity contribution in [3.05, 3.63) is 59.7 Å². The van der Waals surface area contributed by atoms with E-state index in [1.807, 2.05) is 60.2 Å². The van der Waals surface area contributed by atoms with Gasteiger partial charge in [-0.15, -0.1) is 0 Å². The molecule has 4 rings (SSSR count). The van der Waals surface area contributed by atoms with Crippen LogP contribution in [0, 0.1) is 0 Å². The summed E-state index contributed by atoms with van der Waals surface area (Å²) in [7, 11) is 0. The summed E-state index contributed by atoms with van der Waals surface area (Å²) >= 11 is 0. The molecule has 31 heavy (non-hydrogen) atoms. The van der Waals surface area contributed by atoms with Crippen molar-refractivity contribution in [3.63, 3.8) is 0 Å². The van der Waals surface area contributed by atoms with Crippen molar-refractivity contribution < 1.29 is 9.84 Å². The maximum atomic E-state index is 10.5. The van der Waals surface area contributed by atoms with Crippen LogP contribution in [-0.2, 0) is 17.9 Å². The first-order valence-corrected chi connectivity index (χ1v) is 10.3. The molecule has 0 unspecified atom stereocenters. The van der Waals surface area contributed by atoms with Gasteiger partial charge in [0, 0.05) is 24.4 Å². The van der Waals surface area contributed by atoms with Crippen LogP contribution in [0.25, 0.3) is 34.1 Å². The molecule has 0 saturated heterocycles. The van der Waals surface area contributed by atoms with E-state index in [0.29, 0.717) is 31.1 Å². The fourth-order valence-corrected chi connectivity index (χ4v) is 3.61. The number of nitrogen functional groups attached to an aromatic ring is 1. The molecule has 0 atom stereocenters. The molecule has 1 aromatic carbocycles. The smallest absolute Gasteiger partial charge is 0.152 e. The molecule has 7 heteroatoms. The van der Waals surface area contributed by atoms with Crippen LogP contribution in [0.3, 0.4) is 0 Å². The first-order valence-electron chi connectivity index (χ1n) is 10.3. The van der Waals surface area contributed by atoms with E-state index in [-0.39, 0.29) is 0 Å². The van der Waals surface area contributed by atoms with E-state index < -0.39 is 5.60 Å². The summed E-state index contributed by atoms with van der Waals surface area (Å²) in [6.45, 7) is 6.78. The standard InChI is InChI=1S/C24H27N5O2/c1-4-31-14-20-28-21-22(29(20)15-24(2,3)30)18-10-9-16(12-19(18)27-23(21)25)7-8-17-6-5-11-26-13-17/h5-13,30H,4,14-15H2,1-3H3,(H2,25,27). The summed E-state index contributed by atoms with van der Waals surface area (Å²) in [6.07, 6.45) is 7.59. The summed E-state index contributed by atoms with van der Waals surface area (Å²) < 4.78 is 7.61. The van der Waals surface area contributed by atoms with Crippen molar-refractivity contribution in [2.24, 2.45) is 0 Å². The summed E-state index contributed by atoms with van der Waals surface area (Å²) in [6, 6.07) is 9.97. The molecule has 0 aliphatic carbocycles. The summed E-state index contributed by atoms with van der Waals surface area (Å²) in [5.41, 5.74) is 9.67. The fourth-order valence-electron chi connectivity index (χ4n) is 3.61. The molecule has 0 amide bonds. The van der Waals surface area contributed by atoms with Gasteiger partial charge in [-0.3, -0.25) is 4.98 Å². The average Bonchev–Trinajstić information content (AvgIpc) is 3.09. The first-order chi connectivity index (χ1) is 14.9. The van der Waals surface area contributed by atoms with E-state index >= 15 is 0 Å². The van der Waals surface area contributed by atoms with E-state index in [4.69, 9.17) is 15.5 Å². The number of nitrogens with zero attached hydrogens (tertiary/aromatic N) is 4. The van der Waals surface area contributed by atoms with E-state index in [9.17, 15) is 5.11 Å². The molecule has 0 fully saturated rings. The molecule has 0 aliphatic heterocycles. The second kappa shape index (κ2) is 8.45. The molecule has 0 radical (unpaired) electrons. The number of aromatic nitrogens is 4. The van der Waals surface area contributed by atoms with Gasteiger partial charge in [0.2, 0.25) is 0 Å². The van der Waals surface area contributed by atoms with E-state index in [1.165, 1.54) is 0 Å². The van der Waals surface area contributed by atoms with Crippen molar-refractivity contribution >= 4 is 39.9 Å². The Morgan fingerprint density at radius 3 is 2.68 bits per heavy atom. The molecule has 0 bridgehead atoms. The SMILES string of the molecule is CCOCc1nc2c(N)nc3cc(C=Cc4cccnc4)ccc3c2n1CC(C)(C)O. The second-order valence-electron chi connectivity index (χ2n) is 8.15. The molecule has 7 nitrogen and oxygen atoms in total. The minimum atomic E-state index is -0.925. The van der Waals surface area contributed by atoms with E-state index in [1.54, 1.807) is 20.0 Å². The predicted molar refractivity (Wildman–Crippen MR) is 124 cm³/mol. The Morgan fingerprint density at radius 1 is 1.16 bits per heavy atom. The minimum Gasteiger partial charge on any atom is -0.389 e. The highest BCUT2D eigenvalue weighted by molar-refractivity contribution is 6.07. The number of rotatable bonds is 7. The van der Waals surface area contributed by atoms with Crippen molar-refractivity contribution in [2.45, 2.75) is 39.5 Å². The zero-order valence-electron chi connectivity index (χ0n) is 18.0. The number of fused-ring (bicyclic) bond motifs is 3. The Hall–Kier alpha value is -3.29. The third-order valence-electron chi connectivity index (χ3n) is 4.94. The van der Waals surface area contributed by atoms with E-state index in [2.05, 4.69) is 9.97 Å². The maximum Gasteiger partial charge on any atom is 0.152 e. The predicted octanol–water partition coefficient (Wildman–Crippen LogP) is 4.04. The highest BCUT2D eigenvalue weighted by atomic mass is 16.5. The maximum absolute atomic E-state index is 10.5. The Labute approximate surface area is 181 Å². The van der Waals surface area contributed by atoms with Gasteiger partial charge in [0.15, 0.2) is 5.82 Å². The quantitative estimate of drug-likeness (QED) is 0.471. The van der Waals surface area contributed by atoms with Crippen LogP contribution in [0.2, 0.25) is 0 Å². The number of hydrogen-bond donors (Lipinski definition) is 2.